The largest absolute Gasteiger partial charge is 0.598 e. The lowest BCUT2D eigenvalue weighted by atomic mass is 10.0. The fourth-order valence-electron chi connectivity index (χ4n) is 1.79. The van der Waals surface area contributed by atoms with E-state index in [9.17, 15) is 4.55 Å². The highest BCUT2D eigenvalue weighted by Gasteiger charge is 2.32. The fraction of sp³-hybridized carbons (Fsp3) is 0.538. The van der Waals surface area contributed by atoms with Gasteiger partial charge in [-0.15, -0.1) is 4.72 Å². The van der Waals surface area contributed by atoms with Gasteiger partial charge >= 0.3 is 0 Å². The molecule has 0 aliphatic carbocycles. The molecule has 0 amide bonds. The smallest absolute Gasteiger partial charge is 0.136 e. The molecule has 100 valence electrons. The van der Waals surface area contributed by atoms with Crippen LogP contribution in [0.5, 0.6) is 5.75 Å². The van der Waals surface area contributed by atoms with Crippen molar-refractivity contribution in [3.63, 3.8) is 0 Å². The van der Waals surface area contributed by atoms with E-state index >= 15 is 0 Å². The van der Waals surface area contributed by atoms with Crippen LogP contribution < -0.4 is 9.46 Å². The standard InChI is InChI=1S/C13H18ClNO2S/c1-13(2,3)18(16)15-11-6-7-17-12-5-4-9(14)8-10(11)12/h4-5,8,11,15H,6-7H2,1-3H3/t11-,18?/m0/s1. The van der Waals surface area contributed by atoms with E-state index in [1.54, 1.807) is 0 Å². The number of benzene rings is 1. The van der Waals surface area contributed by atoms with Crippen molar-refractivity contribution in [2.75, 3.05) is 6.61 Å². The first kappa shape index (κ1) is 14.0. The summed E-state index contributed by atoms with van der Waals surface area (Å²) < 4.78 is 20.6. The molecule has 1 unspecified atom stereocenters. The lowest BCUT2D eigenvalue weighted by molar-refractivity contribution is 0.262. The van der Waals surface area contributed by atoms with Crippen molar-refractivity contribution in [3.05, 3.63) is 28.8 Å². The number of hydrogen-bond acceptors (Lipinski definition) is 3. The molecule has 0 saturated heterocycles. The summed E-state index contributed by atoms with van der Waals surface area (Å²) in [7, 11) is 0. The van der Waals surface area contributed by atoms with Gasteiger partial charge in [-0.05, 0) is 39.0 Å². The molecule has 2 atom stereocenters. The highest BCUT2D eigenvalue weighted by atomic mass is 35.5. The van der Waals surface area contributed by atoms with Crippen molar-refractivity contribution >= 4 is 23.0 Å². The first-order valence-corrected chi connectivity index (χ1v) is 7.51. The molecule has 1 aromatic carbocycles. The van der Waals surface area contributed by atoms with Crippen LogP contribution >= 0.6 is 11.6 Å². The van der Waals surface area contributed by atoms with Crippen molar-refractivity contribution in [1.82, 2.24) is 4.72 Å². The third-order valence-corrected chi connectivity index (χ3v) is 4.66. The van der Waals surface area contributed by atoms with Crippen LogP contribution in [0.15, 0.2) is 18.2 Å². The molecule has 1 aliphatic heterocycles. The Bertz CT molecular complexity index is 433. The van der Waals surface area contributed by atoms with Gasteiger partial charge in [0.25, 0.3) is 0 Å². The minimum Gasteiger partial charge on any atom is -0.598 e. The Morgan fingerprint density at radius 2 is 2.17 bits per heavy atom. The first-order valence-electron chi connectivity index (χ1n) is 5.98. The van der Waals surface area contributed by atoms with E-state index in [0.717, 1.165) is 17.7 Å². The molecule has 0 fully saturated rings. The third kappa shape index (κ3) is 3.12. The zero-order chi connectivity index (χ0) is 13.3. The summed E-state index contributed by atoms with van der Waals surface area (Å²) in [6.07, 6.45) is 0.801. The highest BCUT2D eigenvalue weighted by Crippen LogP contribution is 2.35. The Morgan fingerprint density at radius 1 is 1.44 bits per heavy atom. The molecule has 18 heavy (non-hydrogen) atoms. The molecule has 0 bridgehead atoms. The van der Waals surface area contributed by atoms with Crippen molar-refractivity contribution in [1.29, 1.82) is 0 Å². The van der Waals surface area contributed by atoms with Gasteiger partial charge in [-0.3, -0.25) is 0 Å². The van der Waals surface area contributed by atoms with Crippen LogP contribution in [0.2, 0.25) is 5.02 Å². The number of rotatable bonds is 2. The van der Waals surface area contributed by atoms with Crippen LogP contribution in [0.25, 0.3) is 0 Å². The summed E-state index contributed by atoms with van der Waals surface area (Å²) in [5.41, 5.74) is 0.992. The molecule has 1 N–H and O–H groups in total. The number of halogens is 1. The van der Waals surface area contributed by atoms with E-state index in [0.29, 0.717) is 11.6 Å². The van der Waals surface area contributed by atoms with E-state index in [1.807, 2.05) is 39.0 Å². The van der Waals surface area contributed by atoms with Crippen LogP contribution in [0.4, 0.5) is 0 Å². The Balaban J connectivity index is 2.20. The van der Waals surface area contributed by atoms with Crippen LogP contribution in [-0.2, 0) is 11.4 Å². The average molecular weight is 288 g/mol. The minimum atomic E-state index is -1.10. The van der Waals surface area contributed by atoms with Gasteiger partial charge in [-0.2, -0.15) is 0 Å². The van der Waals surface area contributed by atoms with Gasteiger partial charge in [0.05, 0.1) is 12.6 Å². The van der Waals surface area contributed by atoms with E-state index in [1.165, 1.54) is 0 Å². The summed E-state index contributed by atoms with van der Waals surface area (Å²) in [6.45, 7) is 6.49. The van der Waals surface area contributed by atoms with Crippen molar-refractivity contribution in [2.45, 2.75) is 38.0 Å². The minimum absolute atomic E-state index is 0.0347. The van der Waals surface area contributed by atoms with Gasteiger partial charge in [0.1, 0.15) is 10.5 Å². The molecular formula is C13H18ClNO2S. The molecule has 1 aliphatic rings. The van der Waals surface area contributed by atoms with Gasteiger partial charge in [0.15, 0.2) is 0 Å². The Hall–Kier alpha value is -0.420. The van der Waals surface area contributed by atoms with E-state index in [2.05, 4.69) is 4.72 Å². The number of fused-ring (bicyclic) bond motifs is 1. The normalized spacial score (nSPS) is 21.1. The van der Waals surface area contributed by atoms with E-state index in [-0.39, 0.29) is 10.8 Å². The summed E-state index contributed by atoms with van der Waals surface area (Å²) in [6, 6.07) is 5.59. The molecule has 1 aromatic rings. The van der Waals surface area contributed by atoms with Gasteiger partial charge in [-0.1, -0.05) is 11.6 Å². The van der Waals surface area contributed by atoms with Crippen LogP contribution in [0, 0.1) is 0 Å². The Labute approximate surface area is 116 Å². The summed E-state index contributed by atoms with van der Waals surface area (Å²) in [5.74, 6) is 0.828. The molecule has 0 saturated carbocycles. The van der Waals surface area contributed by atoms with Crippen LogP contribution in [0.3, 0.4) is 0 Å². The first-order chi connectivity index (χ1) is 8.38. The summed E-state index contributed by atoms with van der Waals surface area (Å²) in [5, 5.41) is 0.674. The quantitative estimate of drug-likeness (QED) is 0.850. The molecule has 5 heteroatoms. The maximum absolute atomic E-state index is 12.2. The summed E-state index contributed by atoms with van der Waals surface area (Å²) in [4.78, 5) is 0. The van der Waals surface area contributed by atoms with E-state index in [4.69, 9.17) is 16.3 Å². The zero-order valence-electron chi connectivity index (χ0n) is 10.8. The van der Waals surface area contributed by atoms with E-state index < -0.39 is 11.4 Å². The van der Waals surface area contributed by atoms with Crippen LogP contribution in [0.1, 0.15) is 38.8 Å². The topological polar surface area (TPSA) is 44.3 Å². The van der Waals surface area contributed by atoms with Crippen molar-refractivity contribution in [3.8, 4) is 5.75 Å². The predicted octanol–water partition coefficient (Wildman–Crippen LogP) is 3.22. The van der Waals surface area contributed by atoms with Gasteiger partial charge in [0.2, 0.25) is 0 Å². The zero-order valence-corrected chi connectivity index (χ0v) is 12.4. The van der Waals surface area contributed by atoms with Crippen molar-refractivity contribution < 1.29 is 9.29 Å². The van der Waals surface area contributed by atoms with Gasteiger partial charge in [0, 0.05) is 28.4 Å². The Morgan fingerprint density at radius 3 is 2.83 bits per heavy atom. The molecule has 1 heterocycles. The molecule has 0 aromatic heterocycles. The lowest BCUT2D eigenvalue weighted by Crippen LogP contribution is -2.42. The van der Waals surface area contributed by atoms with Gasteiger partial charge in [-0.25, -0.2) is 0 Å². The highest BCUT2D eigenvalue weighted by molar-refractivity contribution is 7.90. The van der Waals surface area contributed by atoms with Crippen LogP contribution in [-0.4, -0.2) is 15.9 Å². The van der Waals surface area contributed by atoms with Gasteiger partial charge < -0.3 is 9.29 Å². The maximum Gasteiger partial charge on any atom is 0.136 e. The Kier molecular flexibility index (Phi) is 4.11. The predicted molar refractivity (Wildman–Crippen MR) is 75.3 cm³/mol. The number of hydrogen-bond donors (Lipinski definition) is 1. The second-order valence-electron chi connectivity index (χ2n) is 5.37. The molecular weight excluding hydrogens is 270 g/mol. The lowest BCUT2D eigenvalue weighted by Gasteiger charge is -2.31. The second kappa shape index (κ2) is 5.29. The average Bonchev–Trinajstić information content (AvgIpc) is 2.28. The fourth-order valence-corrected chi connectivity index (χ4v) is 2.83. The SMILES string of the molecule is CC(C)(C)[S+]([O-])N[C@H]1CCOc2ccc(Cl)cc21. The number of ether oxygens (including phenoxy) is 1. The van der Waals surface area contributed by atoms with Crippen molar-refractivity contribution in [2.24, 2.45) is 0 Å². The number of nitrogens with one attached hydrogen (secondary N) is 1. The summed E-state index contributed by atoms with van der Waals surface area (Å²) >= 11 is 4.91. The molecule has 3 nitrogen and oxygen atoms in total. The molecule has 0 spiro atoms. The maximum atomic E-state index is 12.2. The molecule has 2 rings (SSSR count). The second-order valence-corrected chi connectivity index (χ2v) is 7.81. The molecule has 0 radical (unpaired) electrons. The third-order valence-electron chi connectivity index (χ3n) is 2.82. The monoisotopic (exact) mass is 287 g/mol.